The van der Waals surface area contributed by atoms with Gasteiger partial charge < -0.3 is 89.9 Å². The van der Waals surface area contributed by atoms with Crippen LogP contribution in [0.3, 0.4) is 0 Å². The van der Waals surface area contributed by atoms with Crippen molar-refractivity contribution in [3.8, 4) is 0 Å². The molecular weight excluding hydrogens is 1070 g/mol. The smallest absolute Gasteiger partial charge is 0.220 e. The summed E-state index contributed by atoms with van der Waals surface area (Å²) in [7, 11) is 0. The summed E-state index contributed by atoms with van der Waals surface area (Å²) in [5.74, 6) is -0.281. The Morgan fingerprint density at radius 1 is 0.422 bits per heavy atom. The van der Waals surface area contributed by atoms with E-state index >= 15 is 0 Å². The molecule has 3 aliphatic heterocycles. The number of hydrogen-bond acceptors (Lipinski definition) is 18. The third-order valence-corrected chi connectivity index (χ3v) is 16.8. The standard InChI is InChI=1S/C64H119NO18/c1-3-5-7-9-11-13-15-17-19-21-23-24-25-27-29-31-33-35-37-39-41-48(69)47(65-52(70)42-40-38-36-34-32-30-28-26-22-20-18-16-14-12-10-8-6-4-2)46-78-62-58(76)55(73)60(50(44-67)80-62)83-64-59(77)56(74)61(51(45-68)81-64)82-63-57(75)54(72)53(71)49(43-66)79-63/h31,33,39,41,47-51,53-64,66-69,71-77H,3-30,32,34-38,40,42-46H2,1-2H3,(H,65,70)/b33-31+,41-39+. The van der Waals surface area contributed by atoms with E-state index in [4.69, 9.17) is 28.4 Å². The van der Waals surface area contributed by atoms with Crippen LogP contribution in [0.2, 0.25) is 0 Å². The molecule has 0 aromatic carbocycles. The molecule has 0 aromatic heterocycles. The summed E-state index contributed by atoms with van der Waals surface area (Å²) in [4.78, 5) is 13.4. The summed E-state index contributed by atoms with van der Waals surface area (Å²) < 4.78 is 34.3. The molecule has 3 saturated heterocycles. The fourth-order valence-corrected chi connectivity index (χ4v) is 11.3. The number of carbonyl (C=O) groups is 1. The lowest BCUT2D eigenvalue weighted by molar-refractivity contribution is -0.379. The highest BCUT2D eigenvalue weighted by molar-refractivity contribution is 5.76. The van der Waals surface area contributed by atoms with E-state index in [0.717, 1.165) is 38.5 Å². The minimum atomic E-state index is -1.98. The topological polar surface area (TPSA) is 307 Å². The molecule has 0 saturated carbocycles. The molecule has 3 fully saturated rings. The third-order valence-electron chi connectivity index (χ3n) is 16.8. The lowest BCUT2D eigenvalue weighted by Crippen LogP contribution is -2.66. The summed E-state index contributed by atoms with van der Waals surface area (Å²) in [5, 5.41) is 120. The monoisotopic (exact) mass is 1190 g/mol. The predicted molar refractivity (Wildman–Crippen MR) is 319 cm³/mol. The second-order valence-electron chi connectivity index (χ2n) is 23.9. The van der Waals surface area contributed by atoms with Crippen molar-refractivity contribution < 1.29 is 89.4 Å². The summed E-state index contributed by atoms with van der Waals surface area (Å²) in [5.41, 5.74) is 0. The van der Waals surface area contributed by atoms with Crippen molar-refractivity contribution in [3.05, 3.63) is 24.3 Å². The Bertz CT molecular complexity index is 1610. The van der Waals surface area contributed by atoms with Gasteiger partial charge in [0, 0.05) is 6.42 Å². The molecule has 17 atom stereocenters. The van der Waals surface area contributed by atoms with Crippen LogP contribution >= 0.6 is 0 Å². The van der Waals surface area contributed by atoms with E-state index < -0.39 is 124 Å². The zero-order chi connectivity index (χ0) is 60.5. The van der Waals surface area contributed by atoms with Gasteiger partial charge in [-0.15, -0.1) is 0 Å². The van der Waals surface area contributed by atoms with Crippen molar-refractivity contribution in [2.45, 2.75) is 349 Å². The van der Waals surface area contributed by atoms with Gasteiger partial charge in [-0.3, -0.25) is 4.79 Å². The first-order valence-corrected chi connectivity index (χ1v) is 33.1. The highest BCUT2D eigenvalue weighted by Crippen LogP contribution is 2.33. The van der Waals surface area contributed by atoms with Gasteiger partial charge in [0.25, 0.3) is 0 Å². The van der Waals surface area contributed by atoms with Crippen LogP contribution in [-0.4, -0.2) is 193 Å². The van der Waals surface area contributed by atoms with Crippen LogP contribution in [0.4, 0.5) is 0 Å². The average Bonchev–Trinajstić information content (AvgIpc) is 3.35. The van der Waals surface area contributed by atoms with Gasteiger partial charge in [-0.05, 0) is 32.1 Å². The zero-order valence-electron chi connectivity index (χ0n) is 51.2. The second kappa shape index (κ2) is 47.3. The van der Waals surface area contributed by atoms with E-state index in [1.165, 1.54) is 173 Å². The molecule has 1 amide bonds. The molecule has 12 N–H and O–H groups in total. The molecule has 0 aromatic rings. The van der Waals surface area contributed by atoms with Crippen molar-refractivity contribution in [1.29, 1.82) is 0 Å². The quantitative estimate of drug-likeness (QED) is 0.0207. The number of amides is 1. The van der Waals surface area contributed by atoms with Crippen molar-refractivity contribution in [2.24, 2.45) is 0 Å². The Morgan fingerprint density at radius 3 is 1.20 bits per heavy atom. The summed E-state index contributed by atoms with van der Waals surface area (Å²) >= 11 is 0. The molecule has 0 radical (unpaired) electrons. The Morgan fingerprint density at radius 2 is 0.771 bits per heavy atom. The van der Waals surface area contributed by atoms with Gasteiger partial charge in [0.1, 0.15) is 73.2 Å². The lowest BCUT2D eigenvalue weighted by Gasteiger charge is -2.48. The number of aliphatic hydroxyl groups is 11. The molecule has 3 heterocycles. The number of carbonyl (C=O) groups excluding carboxylic acids is 1. The SMILES string of the molecule is CCCCCCCCCCCCCCCC/C=C/CC/C=C/C(O)C(COC1OC(CO)C(OC2OC(CO)C(OC3OC(CO)C(O)C(O)C3O)C(O)C2O)C(O)C1O)NC(=O)CCCCCCCCCCCCCCCCCCCC. The fraction of sp³-hybridized carbons (Fsp3) is 0.922. The first-order chi connectivity index (χ1) is 40.3. The van der Waals surface area contributed by atoms with Crippen molar-refractivity contribution in [1.82, 2.24) is 5.32 Å². The molecule has 83 heavy (non-hydrogen) atoms. The van der Waals surface area contributed by atoms with Gasteiger partial charge in [-0.1, -0.05) is 231 Å². The van der Waals surface area contributed by atoms with Gasteiger partial charge in [-0.2, -0.15) is 0 Å². The first-order valence-electron chi connectivity index (χ1n) is 33.1. The van der Waals surface area contributed by atoms with Crippen LogP contribution in [0, 0.1) is 0 Å². The molecule has 17 unspecified atom stereocenters. The van der Waals surface area contributed by atoms with Gasteiger partial charge in [0.2, 0.25) is 5.91 Å². The Labute approximate surface area is 498 Å². The largest absolute Gasteiger partial charge is 0.394 e. The van der Waals surface area contributed by atoms with E-state index in [1.54, 1.807) is 6.08 Å². The van der Waals surface area contributed by atoms with Crippen LogP contribution in [0.5, 0.6) is 0 Å². The van der Waals surface area contributed by atoms with Gasteiger partial charge >= 0.3 is 0 Å². The van der Waals surface area contributed by atoms with Crippen molar-refractivity contribution >= 4 is 5.91 Å². The van der Waals surface area contributed by atoms with Crippen molar-refractivity contribution in [2.75, 3.05) is 26.4 Å². The molecule has 0 bridgehead atoms. The minimum absolute atomic E-state index is 0.240. The molecule has 488 valence electrons. The van der Waals surface area contributed by atoms with Crippen LogP contribution in [-0.2, 0) is 33.2 Å². The summed E-state index contributed by atoms with van der Waals surface area (Å²) in [6, 6.07) is -0.986. The van der Waals surface area contributed by atoms with E-state index in [-0.39, 0.29) is 18.9 Å². The Hall–Kier alpha value is -1.73. The van der Waals surface area contributed by atoms with E-state index in [0.29, 0.717) is 12.8 Å². The number of ether oxygens (including phenoxy) is 6. The number of aliphatic hydroxyl groups excluding tert-OH is 11. The van der Waals surface area contributed by atoms with E-state index in [9.17, 15) is 61.0 Å². The van der Waals surface area contributed by atoms with Crippen LogP contribution in [0.1, 0.15) is 245 Å². The highest BCUT2D eigenvalue weighted by atomic mass is 16.8. The van der Waals surface area contributed by atoms with Crippen LogP contribution < -0.4 is 5.32 Å². The number of hydrogen-bond donors (Lipinski definition) is 12. The summed E-state index contributed by atoms with van der Waals surface area (Å²) in [6.07, 6.45) is 24.4. The third kappa shape index (κ3) is 30.4. The molecular formula is C64H119NO18. The molecule has 19 nitrogen and oxygen atoms in total. The molecule has 3 rings (SSSR count). The first kappa shape index (κ1) is 75.5. The minimum Gasteiger partial charge on any atom is -0.394 e. The maximum Gasteiger partial charge on any atom is 0.220 e. The molecule has 3 aliphatic rings. The summed E-state index contributed by atoms with van der Waals surface area (Å²) in [6.45, 7) is 1.74. The van der Waals surface area contributed by atoms with Gasteiger partial charge in [0.05, 0.1) is 38.6 Å². The van der Waals surface area contributed by atoms with Gasteiger partial charge in [0.15, 0.2) is 18.9 Å². The normalized spacial score (nSPS) is 29.5. The van der Waals surface area contributed by atoms with Crippen LogP contribution in [0.25, 0.3) is 0 Å². The Balaban J connectivity index is 1.48. The number of nitrogens with one attached hydrogen (secondary N) is 1. The number of allylic oxidation sites excluding steroid dienone is 3. The average molecular weight is 1190 g/mol. The zero-order valence-corrected chi connectivity index (χ0v) is 51.2. The highest BCUT2D eigenvalue weighted by Gasteiger charge is 2.53. The maximum absolute atomic E-state index is 13.4. The number of unbranched alkanes of at least 4 members (excludes halogenated alkanes) is 32. The second-order valence-corrected chi connectivity index (χ2v) is 23.9. The van der Waals surface area contributed by atoms with E-state index in [2.05, 4.69) is 31.3 Å². The molecule has 0 spiro atoms. The van der Waals surface area contributed by atoms with Gasteiger partial charge in [-0.25, -0.2) is 0 Å². The van der Waals surface area contributed by atoms with Crippen molar-refractivity contribution in [3.63, 3.8) is 0 Å². The molecule has 19 heteroatoms. The number of rotatable bonds is 50. The maximum atomic E-state index is 13.4. The molecule has 0 aliphatic carbocycles. The van der Waals surface area contributed by atoms with E-state index in [1.807, 2.05) is 6.08 Å². The predicted octanol–water partition coefficient (Wildman–Crippen LogP) is 7.49. The lowest BCUT2D eigenvalue weighted by atomic mass is 9.96. The Kier molecular flexibility index (Phi) is 43.0. The fourth-order valence-electron chi connectivity index (χ4n) is 11.3. The van der Waals surface area contributed by atoms with Crippen LogP contribution in [0.15, 0.2) is 24.3 Å².